The molecule has 2 heterocycles. The van der Waals surface area contributed by atoms with Crippen molar-refractivity contribution in [1.29, 1.82) is 0 Å². The lowest BCUT2D eigenvalue weighted by molar-refractivity contribution is 0.0535. The first kappa shape index (κ1) is 23.6. The third-order valence-electron chi connectivity index (χ3n) is 5.61. The number of aryl methyl sites for hydroxylation is 1. The molecule has 0 saturated carbocycles. The van der Waals surface area contributed by atoms with Crippen molar-refractivity contribution in [2.45, 2.75) is 13.5 Å². The molecule has 3 aromatic rings. The molecule has 9 heteroatoms. The zero-order chi connectivity index (χ0) is 24.1. The smallest absolute Gasteiger partial charge is 0.254 e. The van der Waals surface area contributed by atoms with Crippen molar-refractivity contribution in [3.05, 3.63) is 69.7 Å². The Hall–Kier alpha value is -3.59. The maximum absolute atomic E-state index is 13.0. The molecule has 1 aliphatic rings. The second kappa shape index (κ2) is 10.6. The quantitative estimate of drug-likeness (QED) is 0.513. The number of hydrogen-bond donors (Lipinski definition) is 0. The summed E-state index contributed by atoms with van der Waals surface area (Å²) >= 11 is 1.59. The van der Waals surface area contributed by atoms with E-state index in [0.29, 0.717) is 61.2 Å². The van der Waals surface area contributed by atoms with Crippen molar-refractivity contribution in [3.8, 4) is 17.2 Å². The fourth-order valence-electron chi connectivity index (χ4n) is 3.73. The molecule has 2 amide bonds. The molecule has 0 N–H and O–H groups in total. The van der Waals surface area contributed by atoms with E-state index in [9.17, 15) is 9.59 Å². The molecule has 178 valence electrons. The van der Waals surface area contributed by atoms with E-state index in [1.54, 1.807) is 77.8 Å². The molecular formula is C25H27N3O5S. The van der Waals surface area contributed by atoms with Crippen LogP contribution in [0.1, 0.15) is 31.4 Å². The number of carbonyl (C=O) groups excluding carboxylic acids is 2. The van der Waals surface area contributed by atoms with Gasteiger partial charge in [0.05, 0.1) is 24.9 Å². The lowest BCUT2D eigenvalue weighted by atomic mass is 10.1. The van der Waals surface area contributed by atoms with Crippen molar-refractivity contribution >= 4 is 23.2 Å². The molecule has 0 atom stereocenters. The summed E-state index contributed by atoms with van der Waals surface area (Å²) in [7, 11) is 3.10. The minimum atomic E-state index is -0.110. The van der Waals surface area contributed by atoms with E-state index in [4.69, 9.17) is 14.2 Å². The van der Waals surface area contributed by atoms with Crippen LogP contribution in [-0.4, -0.2) is 67.0 Å². The second-order valence-corrected chi connectivity index (χ2v) is 8.92. The fourth-order valence-corrected chi connectivity index (χ4v) is 4.33. The van der Waals surface area contributed by atoms with Gasteiger partial charge < -0.3 is 24.0 Å². The van der Waals surface area contributed by atoms with Gasteiger partial charge in [0, 0.05) is 48.8 Å². The van der Waals surface area contributed by atoms with Crippen molar-refractivity contribution in [1.82, 2.24) is 14.8 Å². The molecule has 8 nitrogen and oxygen atoms in total. The summed E-state index contributed by atoms with van der Waals surface area (Å²) in [5, 5.41) is 2.98. The number of thiazole rings is 1. The molecule has 0 aliphatic carbocycles. The number of methoxy groups -OCH3 is 2. The van der Waals surface area contributed by atoms with Crippen LogP contribution in [0.3, 0.4) is 0 Å². The van der Waals surface area contributed by atoms with Gasteiger partial charge in [-0.25, -0.2) is 4.98 Å². The first-order chi connectivity index (χ1) is 16.5. The number of piperazine rings is 1. The average Bonchev–Trinajstić information content (AvgIpc) is 3.31. The Bertz CT molecular complexity index is 1130. The summed E-state index contributed by atoms with van der Waals surface area (Å²) in [5.74, 6) is 1.64. The van der Waals surface area contributed by atoms with Gasteiger partial charge in [0.25, 0.3) is 11.8 Å². The van der Waals surface area contributed by atoms with Crippen LogP contribution in [0.25, 0.3) is 0 Å². The molecule has 0 radical (unpaired) electrons. The third-order valence-corrected chi connectivity index (χ3v) is 6.43. The van der Waals surface area contributed by atoms with Gasteiger partial charge in [-0.15, -0.1) is 11.3 Å². The van der Waals surface area contributed by atoms with Gasteiger partial charge in [0.1, 0.15) is 23.9 Å². The van der Waals surface area contributed by atoms with Gasteiger partial charge in [-0.1, -0.05) is 0 Å². The molecule has 34 heavy (non-hydrogen) atoms. The lowest BCUT2D eigenvalue weighted by Crippen LogP contribution is -2.50. The molecule has 1 fully saturated rings. The summed E-state index contributed by atoms with van der Waals surface area (Å²) in [4.78, 5) is 33.8. The van der Waals surface area contributed by atoms with Gasteiger partial charge >= 0.3 is 0 Å². The molecule has 1 aromatic heterocycles. The van der Waals surface area contributed by atoms with E-state index in [1.807, 2.05) is 12.3 Å². The van der Waals surface area contributed by atoms with Gasteiger partial charge in [-0.05, 0) is 43.3 Å². The van der Waals surface area contributed by atoms with Crippen LogP contribution >= 0.6 is 11.3 Å². The maximum Gasteiger partial charge on any atom is 0.254 e. The summed E-state index contributed by atoms with van der Waals surface area (Å²) < 4.78 is 16.3. The minimum Gasteiger partial charge on any atom is -0.497 e. The number of aromatic nitrogens is 1. The molecule has 0 unspecified atom stereocenters. The van der Waals surface area contributed by atoms with Crippen LogP contribution in [0.2, 0.25) is 0 Å². The third kappa shape index (κ3) is 5.48. The number of amides is 2. The van der Waals surface area contributed by atoms with E-state index < -0.39 is 0 Å². The number of hydrogen-bond acceptors (Lipinski definition) is 7. The normalized spacial score (nSPS) is 13.5. The predicted molar refractivity (Wildman–Crippen MR) is 129 cm³/mol. The molecule has 0 bridgehead atoms. The van der Waals surface area contributed by atoms with Crippen molar-refractivity contribution in [2.24, 2.45) is 0 Å². The number of carbonyl (C=O) groups is 2. The van der Waals surface area contributed by atoms with Crippen LogP contribution in [0.15, 0.2) is 47.8 Å². The van der Waals surface area contributed by atoms with Crippen molar-refractivity contribution in [2.75, 3.05) is 40.4 Å². The molecule has 0 spiro atoms. The Kier molecular flexibility index (Phi) is 7.32. The number of ether oxygens (including phenoxy) is 3. The highest BCUT2D eigenvalue weighted by Gasteiger charge is 2.26. The maximum atomic E-state index is 13.0. The highest BCUT2D eigenvalue weighted by molar-refractivity contribution is 7.09. The van der Waals surface area contributed by atoms with Crippen LogP contribution in [0, 0.1) is 6.92 Å². The van der Waals surface area contributed by atoms with Crippen molar-refractivity contribution < 1.29 is 23.8 Å². The molecule has 1 aliphatic heterocycles. The Morgan fingerprint density at radius 3 is 1.91 bits per heavy atom. The van der Waals surface area contributed by atoms with Gasteiger partial charge in [0.15, 0.2) is 0 Å². The topological polar surface area (TPSA) is 81.2 Å². The SMILES string of the molecule is COc1cc(OC)cc(C(=O)N2CCN(C(=O)c3ccc(OCc4csc(C)n4)cc3)CC2)c1. The average molecular weight is 482 g/mol. The van der Waals surface area contributed by atoms with E-state index in [1.165, 1.54) is 0 Å². The standard InChI is InChI=1S/C25H27N3O5S/c1-17-26-20(16-34-17)15-33-21-6-4-18(5-7-21)24(29)27-8-10-28(11-9-27)25(30)19-12-22(31-2)14-23(13-19)32-3/h4-7,12-14,16H,8-11,15H2,1-3H3. The first-order valence-corrected chi connectivity index (χ1v) is 11.8. The highest BCUT2D eigenvalue weighted by Crippen LogP contribution is 2.24. The second-order valence-electron chi connectivity index (χ2n) is 7.86. The number of benzene rings is 2. The number of nitrogens with zero attached hydrogens (tertiary/aromatic N) is 3. The summed E-state index contributed by atoms with van der Waals surface area (Å²) in [5.41, 5.74) is 1.98. The minimum absolute atomic E-state index is 0.0585. The first-order valence-electron chi connectivity index (χ1n) is 10.9. The van der Waals surface area contributed by atoms with Crippen LogP contribution in [0.5, 0.6) is 17.2 Å². The Balaban J connectivity index is 1.32. The van der Waals surface area contributed by atoms with Gasteiger partial charge in [-0.3, -0.25) is 9.59 Å². The van der Waals surface area contributed by atoms with Crippen LogP contribution in [0.4, 0.5) is 0 Å². The van der Waals surface area contributed by atoms with E-state index >= 15 is 0 Å². The Morgan fingerprint density at radius 2 is 1.41 bits per heavy atom. The largest absolute Gasteiger partial charge is 0.497 e. The van der Waals surface area contributed by atoms with Gasteiger partial charge in [-0.2, -0.15) is 0 Å². The molecule has 4 rings (SSSR count). The Morgan fingerprint density at radius 1 is 0.853 bits per heavy atom. The summed E-state index contributed by atoms with van der Waals surface area (Å²) in [6.45, 7) is 4.20. The lowest BCUT2D eigenvalue weighted by Gasteiger charge is -2.35. The van der Waals surface area contributed by atoms with Crippen LogP contribution < -0.4 is 14.2 Å². The van der Waals surface area contributed by atoms with E-state index in [2.05, 4.69) is 4.98 Å². The van der Waals surface area contributed by atoms with E-state index in [0.717, 1.165) is 10.7 Å². The van der Waals surface area contributed by atoms with Crippen molar-refractivity contribution in [3.63, 3.8) is 0 Å². The Labute approximate surface area is 202 Å². The summed E-state index contributed by atoms with van der Waals surface area (Å²) in [6.07, 6.45) is 0. The zero-order valence-electron chi connectivity index (χ0n) is 19.4. The monoisotopic (exact) mass is 481 g/mol. The van der Waals surface area contributed by atoms with E-state index in [-0.39, 0.29) is 11.8 Å². The zero-order valence-corrected chi connectivity index (χ0v) is 20.3. The molecular weight excluding hydrogens is 454 g/mol. The van der Waals surface area contributed by atoms with Gasteiger partial charge in [0.2, 0.25) is 0 Å². The van der Waals surface area contributed by atoms with Crippen LogP contribution in [-0.2, 0) is 6.61 Å². The number of rotatable bonds is 7. The fraction of sp³-hybridized carbons (Fsp3) is 0.320. The molecule has 1 saturated heterocycles. The summed E-state index contributed by atoms with van der Waals surface area (Å²) in [6, 6.07) is 12.2. The predicted octanol–water partition coefficient (Wildman–Crippen LogP) is 3.65. The molecule has 2 aromatic carbocycles. The highest BCUT2D eigenvalue weighted by atomic mass is 32.1.